The van der Waals surface area contributed by atoms with Gasteiger partial charge in [-0.15, -0.1) is 0 Å². The van der Waals surface area contributed by atoms with Crippen LogP contribution in [0.3, 0.4) is 0 Å². The molecule has 2 amide bonds. The summed E-state index contributed by atoms with van der Waals surface area (Å²) in [5.74, 6) is 1.68. The Balaban J connectivity index is 1.37. The number of anilines is 2. The minimum Gasteiger partial charge on any atom is -0.497 e. The Morgan fingerprint density at radius 2 is 1.74 bits per heavy atom. The number of methoxy groups -OCH3 is 2. The van der Waals surface area contributed by atoms with Crippen molar-refractivity contribution in [2.24, 2.45) is 0 Å². The van der Waals surface area contributed by atoms with Crippen molar-refractivity contribution in [2.75, 3.05) is 24.9 Å². The molecule has 0 spiro atoms. The molecule has 9 nitrogen and oxygen atoms in total. The van der Waals surface area contributed by atoms with Gasteiger partial charge < -0.3 is 24.8 Å². The fourth-order valence-electron chi connectivity index (χ4n) is 3.36. The van der Waals surface area contributed by atoms with E-state index in [1.807, 2.05) is 19.1 Å². The molecule has 9 heteroatoms. The molecule has 0 saturated heterocycles. The number of carbonyl (C=O) groups is 1. The lowest BCUT2D eigenvalue weighted by atomic mass is 10.2. The van der Waals surface area contributed by atoms with E-state index in [9.17, 15) is 9.59 Å². The molecule has 2 aromatic heterocycles. The summed E-state index contributed by atoms with van der Waals surface area (Å²) in [6.45, 7) is 2.05. The number of urea groups is 1. The third-order valence-electron chi connectivity index (χ3n) is 5.10. The van der Waals surface area contributed by atoms with Gasteiger partial charge in [0.25, 0.3) is 5.56 Å². The molecule has 0 saturated carbocycles. The number of aryl methyl sites for hydroxylation is 1. The van der Waals surface area contributed by atoms with Crippen molar-refractivity contribution in [3.8, 4) is 17.2 Å². The van der Waals surface area contributed by atoms with Crippen molar-refractivity contribution in [3.63, 3.8) is 0 Å². The van der Waals surface area contributed by atoms with Crippen LogP contribution in [0.4, 0.5) is 16.2 Å². The Morgan fingerprint density at radius 3 is 2.47 bits per heavy atom. The van der Waals surface area contributed by atoms with Crippen LogP contribution >= 0.6 is 0 Å². The smallest absolute Gasteiger partial charge is 0.323 e. The molecule has 174 valence electrons. The number of fused-ring (bicyclic) bond motifs is 1. The largest absolute Gasteiger partial charge is 0.497 e. The summed E-state index contributed by atoms with van der Waals surface area (Å²) in [6.07, 6.45) is 1.69. The number of rotatable bonds is 7. The molecule has 4 aromatic rings. The molecule has 2 heterocycles. The van der Waals surface area contributed by atoms with E-state index >= 15 is 0 Å². The first-order valence-corrected chi connectivity index (χ1v) is 10.5. The van der Waals surface area contributed by atoms with E-state index in [0.717, 1.165) is 5.56 Å². The zero-order chi connectivity index (χ0) is 24.1. The molecule has 0 aliphatic carbocycles. The molecular weight excluding hydrogens is 436 g/mol. The molecule has 0 radical (unpaired) electrons. The van der Waals surface area contributed by atoms with Crippen LogP contribution < -0.4 is 30.4 Å². The summed E-state index contributed by atoms with van der Waals surface area (Å²) < 4.78 is 17.7. The van der Waals surface area contributed by atoms with Crippen molar-refractivity contribution in [2.45, 2.75) is 13.5 Å². The first kappa shape index (κ1) is 22.7. The highest BCUT2D eigenvalue weighted by Crippen LogP contribution is 2.29. The fraction of sp³-hybridized carbons (Fsp3) is 0.160. The fourth-order valence-corrected chi connectivity index (χ4v) is 3.36. The quantitative estimate of drug-likeness (QED) is 0.428. The van der Waals surface area contributed by atoms with Gasteiger partial charge in [-0.05, 0) is 55.0 Å². The molecule has 0 bridgehead atoms. The molecular formula is C25H24N4O5. The lowest BCUT2D eigenvalue weighted by Crippen LogP contribution is -2.19. The average molecular weight is 460 g/mol. The van der Waals surface area contributed by atoms with Crippen molar-refractivity contribution in [1.29, 1.82) is 0 Å². The number of pyridine rings is 1. The maximum atomic E-state index is 12.4. The molecule has 0 aliphatic rings. The van der Waals surface area contributed by atoms with Crippen molar-refractivity contribution in [3.05, 3.63) is 88.5 Å². The van der Waals surface area contributed by atoms with Crippen LogP contribution in [-0.2, 0) is 6.61 Å². The van der Waals surface area contributed by atoms with Crippen molar-refractivity contribution >= 4 is 23.1 Å². The summed E-state index contributed by atoms with van der Waals surface area (Å²) in [4.78, 5) is 29.2. The topological polar surface area (TPSA) is 103 Å². The zero-order valence-electron chi connectivity index (χ0n) is 19.0. The van der Waals surface area contributed by atoms with E-state index < -0.39 is 6.03 Å². The standard InChI is InChI=1S/C25H24N4O5/c1-16-5-4-12-29-23(30)13-18(26-24(16)29)15-34-19-8-6-17(7-9-19)27-25(31)28-21-11-10-20(32-2)14-22(21)33-3/h4-14H,15H2,1-3H3,(H2,27,28,31). The SMILES string of the molecule is COc1ccc(NC(=O)Nc2ccc(OCc3cc(=O)n4cccc(C)c4n3)cc2)c(OC)c1. The van der Waals surface area contributed by atoms with Crippen LogP contribution in [0.25, 0.3) is 5.65 Å². The summed E-state index contributed by atoms with van der Waals surface area (Å²) in [5, 5.41) is 5.50. The Kier molecular flexibility index (Phi) is 6.63. The lowest BCUT2D eigenvalue weighted by Gasteiger charge is -2.13. The van der Waals surface area contributed by atoms with Gasteiger partial charge in [-0.25, -0.2) is 9.78 Å². The van der Waals surface area contributed by atoms with Gasteiger partial charge in [0.1, 0.15) is 29.5 Å². The number of benzene rings is 2. The summed E-state index contributed by atoms with van der Waals surface area (Å²) in [5.41, 5.74) is 2.97. The zero-order valence-corrected chi connectivity index (χ0v) is 19.0. The van der Waals surface area contributed by atoms with Crippen LogP contribution in [0.5, 0.6) is 17.2 Å². The van der Waals surface area contributed by atoms with E-state index in [1.165, 1.54) is 17.6 Å². The Labute approximate surface area is 195 Å². The molecule has 2 N–H and O–H groups in total. The highest BCUT2D eigenvalue weighted by Gasteiger charge is 2.10. The highest BCUT2D eigenvalue weighted by atomic mass is 16.5. The third-order valence-corrected chi connectivity index (χ3v) is 5.10. The van der Waals surface area contributed by atoms with Gasteiger partial charge in [0.2, 0.25) is 0 Å². The van der Waals surface area contributed by atoms with E-state index in [4.69, 9.17) is 14.2 Å². The number of nitrogens with zero attached hydrogens (tertiary/aromatic N) is 2. The summed E-state index contributed by atoms with van der Waals surface area (Å²) in [7, 11) is 3.07. The highest BCUT2D eigenvalue weighted by molar-refractivity contribution is 6.00. The van der Waals surface area contributed by atoms with Crippen LogP contribution in [0, 0.1) is 6.92 Å². The Hall–Kier alpha value is -4.53. The molecule has 0 aliphatic heterocycles. The molecule has 0 atom stereocenters. The Bertz CT molecular complexity index is 1380. The number of amides is 2. The first-order valence-electron chi connectivity index (χ1n) is 10.5. The van der Waals surface area contributed by atoms with E-state index in [1.54, 1.807) is 55.8 Å². The van der Waals surface area contributed by atoms with Gasteiger partial charge in [0.05, 0.1) is 25.6 Å². The molecule has 0 fully saturated rings. The molecule has 2 aromatic carbocycles. The normalized spacial score (nSPS) is 10.6. The molecule has 0 unspecified atom stereocenters. The predicted molar refractivity (Wildman–Crippen MR) is 129 cm³/mol. The number of hydrogen-bond donors (Lipinski definition) is 2. The monoisotopic (exact) mass is 460 g/mol. The number of hydrogen-bond acceptors (Lipinski definition) is 6. The van der Waals surface area contributed by atoms with E-state index in [0.29, 0.717) is 40.0 Å². The van der Waals surface area contributed by atoms with Crippen LogP contribution in [0.1, 0.15) is 11.3 Å². The summed E-state index contributed by atoms with van der Waals surface area (Å²) >= 11 is 0. The van der Waals surface area contributed by atoms with Crippen molar-refractivity contribution in [1.82, 2.24) is 9.38 Å². The average Bonchev–Trinajstić information content (AvgIpc) is 2.84. The molecule has 34 heavy (non-hydrogen) atoms. The Morgan fingerprint density at radius 1 is 0.971 bits per heavy atom. The van der Waals surface area contributed by atoms with Gasteiger partial charge in [-0.1, -0.05) is 6.07 Å². The number of carbonyl (C=O) groups excluding carboxylic acids is 1. The van der Waals surface area contributed by atoms with Crippen LogP contribution in [0.2, 0.25) is 0 Å². The number of nitrogens with one attached hydrogen (secondary N) is 2. The van der Waals surface area contributed by atoms with Gasteiger partial charge >= 0.3 is 6.03 Å². The van der Waals surface area contributed by atoms with Crippen LogP contribution in [0.15, 0.2) is 71.7 Å². The second kappa shape index (κ2) is 9.95. The third kappa shape index (κ3) is 5.09. The van der Waals surface area contributed by atoms with E-state index in [-0.39, 0.29) is 12.2 Å². The first-order chi connectivity index (χ1) is 16.5. The van der Waals surface area contributed by atoms with E-state index in [2.05, 4.69) is 15.6 Å². The maximum Gasteiger partial charge on any atom is 0.323 e. The maximum absolute atomic E-state index is 12.4. The summed E-state index contributed by atoms with van der Waals surface area (Å²) in [6, 6.07) is 16.7. The lowest BCUT2D eigenvalue weighted by molar-refractivity contribution is 0.262. The predicted octanol–water partition coefficient (Wildman–Crippen LogP) is 4.24. The minimum atomic E-state index is -0.423. The van der Waals surface area contributed by atoms with Gasteiger partial charge in [-0.2, -0.15) is 0 Å². The number of aromatic nitrogens is 2. The van der Waals surface area contributed by atoms with Crippen LogP contribution in [-0.4, -0.2) is 29.6 Å². The van der Waals surface area contributed by atoms with Gasteiger partial charge in [0, 0.05) is 24.0 Å². The van der Waals surface area contributed by atoms with Crippen molar-refractivity contribution < 1.29 is 19.0 Å². The van der Waals surface area contributed by atoms with Gasteiger partial charge in [-0.3, -0.25) is 9.20 Å². The number of ether oxygens (including phenoxy) is 3. The minimum absolute atomic E-state index is 0.143. The second-order valence-electron chi connectivity index (χ2n) is 7.43. The molecule has 4 rings (SSSR count). The second-order valence-corrected chi connectivity index (χ2v) is 7.43. The van der Waals surface area contributed by atoms with Gasteiger partial charge in [0.15, 0.2) is 0 Å².